The lowest BCUT2D eigenvalue weighted by Crippen LogP contribution is -1.84. The van der Waals surface area contributed by atoms with Crippen molar-refractivity contribution in [3.05, 3.63) is 22.0 Å². The van der Waals surface area contributed by atoms with Crippen LogP contribution in [-0.4, -0.2) is 4.98 Å². The highest BCUT2D eigenvalue weighted by Gasteiger charge is 2.24. The summed E-state index contributed by atoms with van der Waals surface area (Å²) in [5.41, 5.74) is 1.23. The third-order valence-corrected chi connectivity index (χ3v) is 2.69. The fourth-order valence-corrected chi connectivity index (χ4v) is 1.68. The Morgan fingerprint density at radius 3 is 2.67 bits per heavy atom. The van der Waals surface area contributed by atoms with Crippen LogP contribution in [0.2, 0.25) is 0 Å². The van der Waals surface area contributed by atoms with Gasteiger partial charge >= 0.3 is 0 Å². The molecule has 1 aromatic rings. The highest BCUT2D eigenvalue weighted by Crippen LogP contribution is 2.38. The summed E-state index contributed by atoms with van der Waals surface area (Å²) >= 11 is 1.82. The van der Waals surface area contributed by atoms with E-state index in [0.29, 0.717) is 5.92 Å². The molecule has 1 aromatic heterocycles. The fourth-order valence-electron chi connectivity index (χ4n) is 0.758. The van der Waals surface area contributed by atoms with Crippen molar-refractivity contribution < 1.29 is 0 Å². The zero-order chi connectivity index (χ0) is 6.43. The highest BCUT2D eigenvalue weighted by molar-refractivity contribution is 7.13. The monoisotopic (exact) mass is 138 g/mol. The molecule has 0 fully saturated rings. The van der Waals surface area contributed by atoms with E-state index in [0.717, 1.165) is 0 Å². The maximum atomic E-state index is 4.37. The number of hydrogen-bond donors (Lipinski definition) is 0. The molecule has 0 unspecified atom stereocenters. The molecule has 0 atom stereocenters. The first-order valence-corrected chi connectivity index (χ1v) is 3.94. The Labute approximate surface area is 58.7 Å². The standard InChI is InChI=1S/C7H8NS/c1-4(2)7-8-5-3-6(5)9-7/h3-4H,1-2H3. The molecule has 0 bridgehead atoms. The molecule has 1 nitrogen and oxygen atoms in total. The highest BCUT2D eigenvalue weighted by atomic mass is 32.1. The van der Waals surface area contributed by atoms with Gasteiger partial charge in [0.05, 0.1) is 17.1 Å². The van der Waals surface area contributed by atoms with Gasteiger partial charge in [-0.3, -0.25) is 0 Å². The minimum absolute atomic E-state index is 0.608. The number of rotatable bonds is 1. The molecule has 2 rings (SSSR count). The van der Waals surface area contributed by atoms with Crippen molar-refractivity contribution in [2.24, 2.45) is 0 Å². The second-order valence-electron chi connectivity index (χ2n) is 2.60. The van der Waals surface area contributed by atoms with Gasteiger partial charge in [0.15, 0.2) is 0 Å². The van der Waals surface area contributed by atoms with Crippen LogP contribution < -0.4 is 0 Å². The molecule has 0 saturated heterocycles. The smallest absolute Gasteiger partial charge is 0.0957 e. The lowest BCUT2D eigenvalue weighted by molar-refractivity contribution is 0.851. The van der Waals surface area contributed by atoms with Gasteiger partial charge in [-0.1, -0.05) is 13.8 Å². The maximum absolute atomic E-state index is 4.37. The number of hydrogen-bond acceptors (Lipinski definition) is 2. The molecule has 0 aliphatic heterocycles. The molecule has 1 aliphatic rings. The van der Waals surface area contributed by atoms with Gasteiger partial charge < -0.3 is 0 Å². The van der Waals surface area contributed by atoms with E-state index in [1.165, 1.54) is 15.6 Å². The molecule has 1 radical (unpaired) electrons. The number of thiazole rings is 1. The van der Waals surface area contributed by atoms with Crippen molar-refractivity contribution in [1.82, 2.24) is 4.98 Å². The third-order valence-electron chi connectivity index (χ3n) is 1.38. The average Bonchev–Trinajstić information content (AvgIpc) is 2.40. The molecular formula is C7H8NS. The van der Waals surface area contributed by atoms with Crippen molar-refractivity contribution in [1.29, 1.82) is 0 Å². The van der Waals surface area contributed by atoms with Crippen LogP contribution in [0.1, 0.15) is 35.3 Å². The van der Waals surface area contributed by atoms with Crippen molar-refractivity contribution in [3.8, 4) is 0 Å². The topological polar surface area (TPSA) is 12.9 Å². The molecule has 47 valence electrons. The zero-order valence-corrected chi connectivity index (χ0v) is 6.33. The van der Waals surface area contributed by atoms with Crippen LogP contribution in [0.15, 0.2) is 0 Å². The van der Waals surface area contributed by atoms with E-state index in [-0.39, 0.29) is 0 Å². The summed E-state index contributed by atoms with van der Waals surface area (Å²) in [6, 6.07) is 0. The van der Waals surface area contributed by atoms with Gasteiger partial charge in [0.1, 0.15) is 0 Å². The van der Waals surface area contributed by atoms with Crippen LogP contribution in [0.4, 0.5) is 0 Å². The number of nitrogens with zero attached hydrogens (tertiary/aromatic N) is 1. The van der Waals surface area contributed by atoms with Crippen molar-refractivity contribution in [3.63, 3.8) is 0 Å². The van der Waals surface area contributed by atoms with E-state index in [2.05, 4.69) is 25.3 Å². The largest absolute Gasteiger partial charge is 0.245 e. The van der Waals surface area contributed by atoms with E-state index in [1.54, 1.807) is 0 Å². The van der Waals surface area contributed by atoms with Gasteiger partial charge in [0, 0.05) is 10.8 Å². The van der Waals surface area contributed by atoms with Gasteiger partial charge in [0.25, 0.3) is 0 Å². The van der Waals surface area contributed by atoms with Gasteiger partial charge in [-0.25, -0.2) is 4.98 Å². The van der Waals surface area contributed by atoms with Gasteiger partial charge in [-0.05, 0) is 0 Å². The molecule has 0 N–H and O–H groups in total. The summed E-state index contributed by atoms with van der Waals surface area (Å²) in [4.78, 5) is 5.75. The zero-order valence-electron chi connectivity index (χ0n) is 5.51. The Balaban J connectivity index is 2.34. The lowest BCUT2D eigenvalue weighted by Gasteiger charge is -1.95. The first-order valence-electron chi connectivity index (χ1n) is 3.13. The van der Waals surface area contributed by atoms with Crippen LogP contribution in [0.5, 0.6) is 0 Å². The van der Waals surface area contributed by atoms with Gasteiger partial charge in [-0.15, -0.1) is 11.3 Å². The van der Waals surface area contributed by atoms with Crippen molar-refractivity contribution in [2.45, 2.75) is 19.8 Å². The van der Waals surface area contributed by atoms with Gasteiger partial charge in [-0.2, -0.15) is 0 Å². The van der Waals surface area contributed by atoms with E-state index < -0.39 is 0 Å². The maximum Gasteiger partial charge on any atom is 0.0957 e. The summed E-state index contributed by atoms with van der Waals surface area (Å²) < 4.78 is 0. The molecule has 0 spiro atoms. The van der Waals surface area contributed by atoms with Gasteiger partial charge in [0.2, 0.25) is 0 Å². The van der Waals surface area contributed by atoms with E-state index >= 15 is 0 Å². The first kappa shape index (κ1) is 5.42. The minimum atomic E-state index is 0.608. The summed E-state index contributed by atoms with van der Waals surface area (Å²) in [5, 5.41) is 1.28. The number of aromatic nitrogens is 1. The Morgan fingerprint density at radius 1 is 1.56 bits per heavy atom. The van der Waals surface area contributed by atoms with Crippen LogP contribution in [0.25, 0.3) is 0 Å². The molecule has 9 heavy (non-hydrogen) atoms. The third kappa shape index (κ3) is 0.778. The molecular weight excluding hydrogens is 130 g/mol. The Kier molecular flexibility index (Phi) is 0.943. The SMILES string of the molecule is CC(C)c1nc2c(s1)[CH]2. The first-order chi connectivity index (χ1) is 4.27. The summed E-state index contributed by atoms with van der Waals surface area (Å²) in [6.07, 6.45) is 2.12. The van der Waals surface area contributed by atoms with Crippen LogP contribution in [0, 0.1) is 6.42 Å². The predicted molar refractivity (Wildman–Crippen MR) is 38.7 cm³/mol. The van der Waals surface area contributed by atoms with E-state index in [4.69, 9.17) is 0 Å². The van der Waals surface area contributed by atoms with Crippen LogP contribution >= 0.6 is 11.3 Å². The van der Waals surface area contributed by atoms with Crippen LogP contribution in [-0.2, 0) is 0 Å². The second kappa shape index (κ2) is 1.57. The van der Waals surface area contributed by atoms with E-state index in [1.807, 2.05) is 11.3 Å². The van der Waals surface area contributed by atoms with Crippen molar-refractivity contribution in [2.75, 3.05) is 0 Å². The Hall–Kier alpha value is -0.370. The Morgan fingerprint density at radius 2 is 2.33 bits per heavy atom. The number of fused-ring (bicyclic) bond motifs is 1. The lowest BCUT2D eigenvalue weighted by atomic mass is 10.2. The van der Waals surface area contributed by atoms with Crippen molar-refractivity contribution >= 4 is 11.3 Å². The summed E-state index contributed by atoms with van der Waals surface area (Å²) in [6.45, 7) is 4.36. The molecule has 0 aromatic carbocycles. The molecule has 0 amide bonds. The minimum Gasteiger partial charge on any atom is -0.245 e. The quantitative estimate of drug-likeness (QED) is 0.588. The summed E-state index contributed by atoms with van der Waals surface area (Å²) in [7, 11) is 0. The second-order valence-corrected chi connectivity index (χ2v) is 3.66. The average molecular weight is 138 g/mol. The van der Waals surface area contributed by atoms with E-state index in [9.17, 15) is 0 Å². The normalized spacial score (nSPS) is 14.1. The predicted octanol–water partition coefficient (Wildman–Crippen LogP) is 2.18. The van der Waals surface area contributed by atoms with Crippen LogP contribution in [0.3, 0.4) is 0 Å². The fraction of sp³-hybridized carbons (Fsp3) is 0.429. The molecule has 0 saturated carbocycles. The Bertz CT molecular complexity index is 218. The molecule has 1 aliphatic carbocycles. The summed E-state index contributed by atoms with van der Waals surface area (Å²) in [5.74, 6) is 0.608. The molecule has 1 heterocycles. The molecule has 2 heteroatoms.